The summed E-state index contributed by atoms with van der Waals surface area (Å²) >= 11 is 0. The Morgan fingerprint density at radius 1 is 1.10 bits per heavy atom. The molecule has 112 valence electrons. The van der Waals surface area contributed by atoms with Crippen LogP contribution in [0.5, 0.6) is 5.75 Å². The van der Waals surface area contributed by atoms with Gasteiger partial charge in [0.25, 0.3) is 0 Å². The van der Waals surface area contributed by atoms with Crippen molar-refractivity contribution in [3.63, 3.8) is 0 Å². The number of aryl methyl sites for hydroxylation is 1. The smallest absolute Gasteiger partial charge is 0.419 e. The van der Waals surface area contributed by atoms with Gasteiger partial charge >= 0.3 is 6.18 Å². The third-order valence-corrected chi connectivity index (χ3v) is 3.04. The van der Waals surface area contributed by atoms with Crippen molar-refractivity contribution in [3.05, 3.63) is 58.9 Å². The molecule has 0 unspecified atom stereocenters. The molecule has 0 aliphatic rings. The first-order chi connectivity index (χ1) is 9.77. The minimum Gasteiger partial charge on any atom is -0.508 e. The second kappa shape index (κ2) is 5.63. The van der Waals surface area contributed by atoms with Crippen LogP contribution in [0, 0.1) is 12.7 Å². The van der Waals surface area contributed by atoms with Gasteiger partial charge in [0.2, 0.25) is 0 Å². The molecule has 0 amide bonds. The van der Waals surface area contributed by atoms with Gasteiger partial charge in [0.15, 0.2) is 0 Å². The summed E-state index contributed by atoms with van der Waals surface area (Å²) < 4.78 is 50.9. The monoisotopic (exact) mass is 299 g/mol. The SMILES string of the molecule is Cc1ccc(NCc2ccc(F)c(C(F)(F)F)c2)cc1O. The highest BCUT2D eigenvalue weighted by molar-refractivity contribution is 5.51. The maximum atomic E-state index is 13.2. The third kappa shape index (κ3) is 3.65. The Morgan fingerprint density at radius 3 is 2.43 bits per heavy atom. The number of alkyl halides is 3. The van der Waals surface area contributed by atoms with Gasteiger partial charge in [-0.3, -0.25) is 0 Å². The summed E-state index contributed by atoms with van der Waals surface area (Å²) in [6.07, 6.45) is -4.72. The van der Waals surface area contributed by atoms with Crippen LogP contribution in [0.1, 0.15) is 16.7 Å². The number of phenolic OH excluding ortho intramolecular Hbond substituents is 1. The first-order valence-electron chi connectivity index (χ1n) is 6.16. The van der Waals surface area contributed by atoms with E-state index in [2.05, 4.69) is 5.32 Å². The summed E-state index contributed by atoms with van der Waals surface area (Å²) in [4.78, 5) is 0. The predicted molar refractivity (Wildman–Crippen MR) is 71.6 cm³/mol. The molecule has 21 heavy (non-hydrogen) atoms. The van der Waals surface area contributed by atoms with Gasteiger partial charge in [-0.05, 0) is 36.2 Å². The van der Waals surface area contributed by atoms with E-state index >= 15 is 0 Å². The molecule has 0 atom stereocenters. The minimum absolute atomic E-state index is 0.0891. The molecule has 2 rings (SSSR count). The van der Waals surface area contributed by atoms with E-state index < -0.39 is 17.6 Å². The van der Waals surface area contributed by atoms with Crippen molar-refractivity contribution in [2.24, 2.45) is 0 Å². The largest absolute Gasteiger partial charge is 0.508 e. The Kier molecular flexibility index (Phi) is 4.06. The lowest BCUT2D eigenvalue weighted by atomic mass is 10.1. The Labute approximate surface area is 119 Å². The fraction of sp³-hybridized carbons (Fsp3) is 0.200. The van der Waals surface area contributed by atoms with Gasteiger partial charge in [-0.25, -0.2) is 4.39 Å². The lowest BCUT2D eigenvalue weighted by molar-refractivity contribution is -0.140. The van der Waals surface area contributed by atoms with Gasteiger partial charge in [0, 0.05) is 18.3 Å². The number of benzene rings is 2. The summed E-state index contributed by atoms with van der Waals surface area (Å²) in [5, 5.41) is 12.4. The predicted octanol–water partition coefficient (Wildman–Crippen LogP) is 4.47. The van der Waals surface area contributed by atoms with E-state index in [0.29, 0.717) is 16.8 Å². The van der Waals surface area contributed by atoms with Gasteiger partial charge in [0.05, 0.1) is 5.56 Å². The number of anilines is 1. The fourth-order valence-corrected chi connectivity index (χ4v) is 1.82. The zero-order chi connectivity index (χ0) is 15.6. The molecule has 0 radical (unpaired) electrons. The summed E-state index contributed by atoms with van der Waals surface area (Å²) in [5.41, 5.74) is 0.273. The average Bonchev–Trinajstić information content (AvgIpc) is 2.40. The zero-order valence-corrected chi connectivity index (χ0v) is 11.1. The van der Waals surface area contributed by atoms with Crippen LogP contribution < -0.4 is 5.32 Å². The Balaban J connectivity index is 2.15. The van der Waals surface area contributed by atoms with Gasteiger partial charge in [-0.1, -0.05) is 12.1 Å². The van der Waals surface area contributed by atoms with Crippen molar-refractivity contribution in [2.45, 2.75) is 19.6 Å². The highest BCUT2D eigenvalue weighted by Crippen LogP contribution is 2.32. The van der Waals surface area contributed by atoms with Crippen LogP contribution in [0.15, 0.2) is 36.4 Å². The molecule has 0 aliphatic heterocycles. The van der Waals surface area contributed by atoms with Gasteiger partial charge in [0.1, 0.15) is 11.6 Å². The molecule has 0 saturated carbocycles. The van der Waals surface area contributed by atoms with E-state index in [0.717, 1.165) is 12.1 Å². The van der Waals surface area contributed by atoms with Crippen LogP contribution in [-0.4, -0.2) is 5.11 Å². The van der Waals surface area contributed by atoms with Crippen LogP contribution in [-0.2, 0) is 12.7 Å². The molecule has 2 aromatic carbocycles. The molecule has 0 fully saturated rings. The molecule has 2 N–H and O–H groups in total. The summed E-state index contributed by atoms with van der Waals surface area (Å²) in [6, 6.07) is 7.71. The number of phenols is 1. The summed E-state index contributed by atoms with van der Waals surface area (Å²) in [5.74, 6) is -1.20. The topological polar surface area (TPSA) is 32.3 Å². The van der Waals surface area contributed by atoms with E-state index in [-0.39, 0.29) is 12.3 Å². The van der Waals surface area contributed by atoms with Gasteiger partial charge in [-0.15, -0.1) is 0 Å². The van der Waals surface area contributed by atoms with E-state index in [1.165, 1.54) is 12.1 Å². The summed E-state index contributed by atoms with van der Waals surface area (Å²) in [7, 11) is 0. The van der Waals surface area contributed by atoms with Crippen LogP contribution in [0.25, 0.3) is 0 Å². The van der Waals surface area contributed by atoms with Crippen LogP contribution in [0.3, 0.4) is 0 Å². The van der Waals surface area contributed by atoms with E-state index in [4.69, 9.17) is 0 Å². The molecule has 0 bridgehead atoms. The molecular weight excluding hydrogens is 286 g/mol. The minimum atomic E-state index is -4.72. The van der Waals surface area contributed by atoms with Gasteiger partial charge in [-0.2, -0.15) is 13.2 Å². The second-order valence-electron chi connectivity index (χ2n) is 4.67. The zero-order valence-electron chi connectivity index (χ0n) is 11.1. The average molecular weight is 299 g/mol. The molecule has 6 heteroatoms. The number of hydrogen-bond acceptors (Lipinski definition) is 2. The molecule has 0 aromatic heterocycles. The quantitative estimate of drug-likeness (QED) is 0.820. The molecule has 2 nitrogen and oxygen atoms in total. The summed E-state index contributed by atoms with van der Waals surface area (Å²) in [6.45, 7) is 1.82. The van der Waals surface area contributed by atoms with Crippen molar-refractivity contribution < 1.29 is 22.7 Å². The van der Waals surface area contributed by atoms with Crippen molar-refractivity contribution in [2.75, 3.05) is 5.32 Å². The molecule has 0 spiro atoms. The van der Waals surface area contributed by atoms with E-state index in [1.807, 2.05) is 0 Å². The number of nitrogens with one attached hydrogen (secondary N) is 1. The lowest BCUT2D eigenvalue weighted by Gasteiger charge is -2.12. The Hall–Kier alpha value is -2.24. The molecule has 0 saturated heterocycles. The van der Waals surface area contributed by atoms with Gasteiger partial charge < -0.3 is 10.4 Å². The second-order valence-corrected chi connectivity index (χ2v) is 4.67. The first-order valence-corrected chi connectivity index (χ1v) is 6.16. The van der Waals surface area contributed by atoms with Crippen molar-refractivity contribution in [1.82, 2.24) is 0 Å². The van der Waals surface area contributed by atoms with E-state index in [9.17, 15) is 22.7 Å². The van der Waals surface area contributed by atoms with Crippen LogP contribution in [0.2, 0.25) is 0 Å². The molecular formula is C15H13F4NO. The van der Waals surface area contributed by atoms with Crippen molar-refractivity contribution in [3.8, 4) is 5.75 Å². The molecule has 2 aromatic rings. The highest BCUT2D eigenvalue weighted by atomic mass is 19.4. The fourth-order valence-electron chi connectivity index (χ4n) is 1.82. The van der Waals surface area contributed by atoms with Crippen molar-refractivity contribution >= 4 is 5.69 Å². The lowest BCUT2D eigenvalue weighted by Crippen LogP contribution is -2.10. The standard InChI is InChI=1S/C15H13F4NO/c1-9-2-4-11(7-14(9)21)20-8-10-3-5-13(16)12(6-10)15(17,18)19/h2-7,20-21H,8H2,1H3. The van der Waals surface area contributed by atoms with E-state index in [1.54, 1.807) is 19.1 Å². The Bertz CT molecular complexity index is 653. The number of halogens is 4. The maximum absolute atomic E-state index is 13.2. The third-order valence-electron chi connectivity index (χ3n) is 3.04. The number of hydrogen-bond donors (Lipinski definition) is 2. The first kappa shape index (κ1) is 15.2. The van der Waals surface area contributed by atoms with Crippen LogP contribution >= 0.6 is 0 Å². The molecule has 0 aliphatic carbocycles. The van der Waals surface area contributed by atoms with Crippen LogP contribution in [0.4, 0.5) is 23.2 Å². The number of aromatic hydroxyl groups is 1. The normalized spacial score (nSPS) is 11.5. The number of rotatable bonds is 3. The van der Waals surface area contributed by atoms with Crippen molar-refractivity contribution in [1.29, 1.82) is 0 Å². The molecule has 0 heterocycles. The highest BCUT2D eigenvalue weighted by Gasteiger charge is 2.34. The maximum Gasteiger partial charge on any atom is 0.419 e. The Morgan fingerprint density at radius 2 is 1.81 bits per heavy atom.